The summed E-state index contributed by atoms with van der Waals surface area (Å²) in [6, 6.07) is 11.3. The smallest absolute Gasteiger partial charge is 0.410 e. The Labute approximate surface area is 224 Å². The molecule has 2 amide bonds. The summed E-state index contributed by atoms with van der Waals surface area (Å²) in [5.41, 5.74) is -0.172. The lowest BCUT2D eigenvalue weighted by molar-refractivity contribution is -0.114. The number of hydrogen-bond acceptors (Lipinski definition) is 7. The van der Waals surface area contributed by atoms with Gasteiger partial charge in [0.15, 0.2) is 0 Å². The fourth-order valence-corrected chi connectivity index (χ4v) is 6.20. The minimum atomic E-state index is -4.16. The number of amides is 2. The summed E-state index contributed by atoms with van der Waals surface area (Å²) in [6.07, 6.45) is 0.824. The van der Waals surface area contributed by atoms with Crippen LogP contribution >= 0.6 is 0 Å². The third-order valence-electron chi connectivity index (χ3n) is 5.74. The van der Waals surface area contributed by atoms with Crippen LogP contribution in [0.4, 0.5) is 16.2 Å². The second-order valence-corrected chi connectivity index (χ2v) is 13.5. The van der Waals surface area contributed by atoms with Crippen molar-refractivity contribution in [3.8, 4) is 0 Å². The molecule has 13 heteroatoms. The Morgan fingerprint density at radius 1 is 0.921 bits per heavy atom. The van der Waals surface area contributed by atoms with Crippen LogP contribution in [0.2, 0.25) is 0 Å². The van der Waals surface area contributed by atoms with Gasteiger partial charge in [-0.15, -0.1) is 0 Å². The molecule has 1 fully saturated rings. The topological polar surface area (TPSA) is 151 Å². The van der Waals surface area contributed by atoms with E-state index in [-0.39, 0.29) is 45.6 Å². The van der Waals surface area contributed by atoms with Crippen molar-refractivity contribution in [2.45, 2.75) is 55.9 Å². The number of para-hydroxylation sites is 2. The number of nitrogens with zero attached hydrogens (tertiary/aromatic N) is 1. The largest absolute Gasteiger partial charge is 0.444 e. The number of benzene rings is 2. The molecule has 208 valence electrons. The van der Waals surface area contributed by atoms with Crippen LogP contribution in [0, 0.1) is 5.92 Å². The van der Waals surface area contributed by atoms with Crippen LogP contribution in [-0.2, 0) is 29.6 Å². The molecular formula is C25H34N4O7S2. The number of carbonyl (C=O) groups is 2. The fraction of sp³-hybridized carbons (Fsp3) is 0.440. The van der Waals surface area contributed by atoms with E-state index >= 15 is 0 Å². The molecule has 11 nitrogen and oxygen atoms in total. The molecule has 0 radical (unpaired) electrons. The third kappa shape index (κ3) is 8.17. The Kier molecular flexibility index (Phi) is 9.05. The normalized spacial score (nSPS) is 15.1. The molecule has 3 rings (SSSR count). The molecule has 2 aromatic rings. The standard InChI is InChI=1S/C25H34N4O7S2/c1-18(30)27-22-10-5-6-11-23(22)28-38(34,35)21-9-7-8-20(16-21)37(32,33)26-17-19-12-14-29(15-13-19)24(31)36-25(2,3)4/h5-11,16,19,26,28H,12-15,17H2,1-4H3,(H,27,30). The van der Waals surface area contributed by atoms with Crippen molar-refractivity contribution in [1.29, 1.82) is 0 Å². The van der Waals surface area contributed by atoms with Crippen molar-refractivity contribution in [3.63, 3.8) is 0 Å². The summed E-state index contributed by atoms with van der Waals surface area (Å²) in [7, 11) is -8.16. The van der Waals surface area contributed by atoms with Crippen molar-refractivity contribution >= 4 is 43.4 Å². The maximum Gasteiger partial charge on any atom is 0.410 e. The van der Waals surface area contributed by atoms with E-state index in [1.807, 2.05) is 0 Å². The van der Waals surface area contributed by atoms with Gasteiger partial charge < -0.3 is 15.0 Å². The monoisotopic (exact) mass is 566 g/mol. The van der Waals surface area contributed by atoms with Gasteiger partial charge in [-0.1, -0.05) is 18.2 Å². The van der Waals surface area contributed by atoms with Crippen LogP contribution < -0.4 is 14.8 Å². The molecule has 0 atom stereocenters. The van der Waals surface area contributed by atoms with Crippen LogP contribution in [0.15, 0.2) is 58.3 Å². The number of hydrogen-bond donors (Lipinski definition) is 3. The molecule has 0 spiro atoms. The van der Waals surface area contributed by atoms with E-state index in [2.05, 4.69) is 14.8 Å². The first kappa shape index (κ1) is 29.4. The summed E-state index contributed by atoms with van der Waals surface area (Å²) in [5.74, 6) is -0.353. The Morgan fingerprint density at radius 3 is 2.08 bits per heavy atom. The lowest BCUT2D eigenvalue weighted by Crippen LogP contribution is -2.43. The first-order valence-corrected chi connectivity index (χ1v) is 15.1. The molecule has 38 heavy (non-hydrogen) atoms. The Morgan fingerprint density at radius 2 is 1.50 bits per heavy atom. The van der Waals surface area contributed by atoms with Gasteiger partial charge in [-0.05, 0) is 69.9 Å². The van der Waals surface area contributed by atoms with Gasteiger partial charge in [-0.2, -0.15) is 0 Å². The number of anilines is 2. The molecule has 2 aromatic carbocycles. The molecule has 1 saturated heterocycles. The Bertz CT molecular complexity index is 1380. The van der Waals surface area contributed by atoms with Crippen molar-refractivity contribution < 1.29 is 31.2 Å². The van der Waals surface area contributed by atoms with Crippen LogP contribution in [0.3, 0.4) is 0 Å². The second kappa shape index (κ2) is 11.7. The average molecular weight is 567 g/mol. The van der Waals surface area contributed by atoms with Gasteiger partial charge in [-0.3, -0.25) is 9.52 Å². The molecule has 1 aliphatic rings. The number of nitrogens with one attached hydrogen (secondary N) is 3. The van der Waals surface area contributed by atoms with E-state index in [1.165, 1.54) is 31.2 Å². The van der Waals surface area contributed by atoms with Crippen LogP contribution in [0.1, 0.15) is 40.5 Å². The summed E-state index contributed by atoms with van der Waals surface area (Å²) in [6.45, 7) is 7.77. The van der Waals surface area contributed by atoms with Gasteiger partial charge >= 0.3 is 6.09 Å². The van der Waals surface area contributed by atoms with E-state index in [4.69, 9.17) is 4.74 Å². The quantitative estimate of drug-likeness (QED) is 0.443. The van der Waals surface area contributed by atoms with Gasteiger partial charge in [0.1, 0.15) is 5.60 Å². The summed E-state index contributed by atoms with van der Waals surface area (Å²) >= 11 is 0. The number of carbonyl (C=O) groups excluding carboxylic acids is 2. The van der Waals surface area contributed by atoms with E-state index in [0.29, 0.717) is 25.9 Å². The summed E-state index contributed by atoms with van der Waals surface area (Å²) < 4.78 is 62.3. The van der Waals surface area contributed by atoms with Crippen molar-refractivity contribution in [2.24, 2.45) is 5.92 Å². The highest BCUT2D eigenvalue weighted by molar-refractivity contribution is 7.93. The molecule has 0 bridgehead atoms. The zero-order valence-electron chi connectivity index (χ0n) is 21.9. The number of piperidine rings is 1. The first-order valence-electron chi connectivity index (χ1n) is 12.1. The highest BCUT2D eigenvalue weighted by atomic mass is 32.2. The predicted octanol–water partition coefficient (Wildman–Crippen LogP) is 3.37. The van der Waals surface area contributed by atoms with E-state index in [9.17, 15) is 26.4 Å². The van der Waals surface area contributed by atoms with Gasteiger partial charge in [-0.25, -0.2) is 26.4 Å². The van der Waals surface area contributed by atoms with Crippen molar-refractivity contribution in [1.82, 2.24) is 9.62 Å². The predicted molar refractivity (Wildman–Crippen MR) is 144 cm³/mol. The van der Waals surface area contributed by atoms with Gasteiger partial charge in [0, 0.05) is 26.6 Å². The molecular weight excluding hydrogens is 532 g/mol. The van der Waals surface area contributed by atoms with Crippen molar-refractivity contribution in [3.05, 3.63) is 48.5 Å². The van der Waals surface area contributed by atoms with E-state index < -0.39 is 25.6 Å². The van der Waals surface area contributed by atoms with Crippen LogP contribution in [-0.4, -0.2) is 59.0 Å². The maximum absolute atomic E-state index is 13.0. The van der Waals surface area contributed by atoms with Gasteiger partial charge in [0.25, 0.3) is 10.0 Å². The molecule has 3 N–H and O–H groups in total. The first-order chi connectivity index (χ1) is 17.7. The highest BCUT2D eigenvalue weighted by Gasteiger charge is 2.28. The molecule has 0 unspecified atom stereocenters. The second-order valence-electron chi connectivity index (χ2n) is 10.1. The summed E-state index contributed by atoms with van der Waals surface area (Å²) in [5, 5.41) is 2.55. The molecule has 0 aromatic heterocycles. The maximum atomic E-state index is 13.0. The molecule has 1 heterocycles. The lowest BCUT2D eigenvalue weighted by atomic mass is 9.97. The number of rotatable bonds is 8. The number of likely N-dealkylation sites (tertiary alicyclic amines) is 1. The minimum Gasteiger partial charge on any atom is -0.444 e. The van der Waals surface area contributed by atoms with E-state index in [1.54, 1.807) is 43.9 Å². The zero-order chi connectivity index (χ0) is 28.1. The Balaban J connectivity index is 1.64. The summed E-state index contributed by atoms with van der Waals surface area (Å²) in [4.78, 5) is 24.9. The molecule has 0 saturated carbocycles. The van der Waals surface area contributed by atoms with Crippen LogP contribution in [0.5, 0.6) is 0 Å². The highest BCUT2D eigenvalue weighted by Crippen LogP contribution is 2.26. The van der Waals surface area contributed by atoms with E-state index in [0.717, 1.165) is 6.07 Å². The zero-order valence-corrected chi connectivity index (χ0v) is 23.5. The fourth-order valence-electron chi connectivity index (χ4n) is 3.84. The molecule has 1 aliphatic heterocycles. The van der Waals surface area contributed by atoms with Crippen molar-refractivity contribution in [2.75, 3.05) is 29.7 Å². The Hall–Kier alpha value is -3.16. The minimum absolute atomic E-state index is 0.0160. The van der Waals surface area contributed by atoms with Gasteiger partial charge in [0.05, 0.1) is 21.2 Å². The van der Waals surface area contributed by atoms with Crippen LogP contribution in [0.25, 0.3) is 0 Å². The SMILES string of the molecule is CC(=O)Nc1ccccc1NS(=O)(=O)c1cccc(S(=O)(=O)NCC2CCN(C(=O)OC(C)(C)C)CC2)c1. The van der Waals surface area contributed by atoms with Gasteiger partial charge in [0.2, 0.25) is 15.9 Å². The average Bonchev–Trinajstić information content (AvgIpc) is 2.83. The lowest BCUT2D eigenvalue weighted by Gasteiger charge is -2.33. The third-order valence-corrected chi connectivity index (χ3v) is 8.52. The molecule has 0 aliphatic carbocycles. The number of sulfonamides is 2. The number of ether oxygens (including phenoxy) is 1.